The van der Waals surface area contributed by atoms with Crippen LogP contribution in [0.3, 0.4) is 0 Å². The van der Waals surface area contributed by atoms with Crippen molar-refractivity contribution in [2.24, 2.45) is 5.92 Å². The molecule has 0 aliphatic carbocycles. The van der Waals surface area contributed by atoms with Crippen LogP contribution in [0.1, 0.15) is 29.3 Å². The number of pyridine rings is 1. The summed E-state index contributed by atoms with van der Waals surface area (Å²) in [7, 11) is 0. The lowest BCUT2D eigenvalue weighted by molar-refractivity contribution is 0.0858. The lowest BCUT2D eigenvalue weighted by Gasteiger charge is -2.16. The Hall–Kier alpha value is -4.50. The predicted molar refractivity (Wildman–Crippen MR) is 142 cm³/mol. The molecule has 37 heavy (non-hydrogen) atoms. The van der Waals surface area contributed by atoms with Crippen LogP contribution in [0, 0.1) is 5.92 Å². The number of nitrogens with zero attached hydrogens (tertiary/aromatic N) is 3. The van der Waals surface area contributed by atoms with Crippen molar-refractivity contribution in [2.75, 3.05) is 24.2 Å². The Morgan fingerprint density at radius 3 is 2.86 bits per heavy atom. The lowest BCUT2D eigenvalue weighted by Crippen LogP contribution is -2.26. The molecule has 4 heterocycles. The highest BCUT2D eigenvalue weighted by Gasteiger charge is 2.14. The quantitative estimate of drug-likeness (QED) is 0.333. The van der Waals surface area contributed by atoms with Crippen LogP contribution in [0.25, 0.3) is 11.3 Å². The number of nitrogens with two attached hydrogens (primary N) is 1. The molecule has 2 aromatic heterocycles. The van der Waals surface area contributed by atoms with Gasteiger partial charge in [-0.15, -0.1) is 0 Å². The van der Waals surface area contributed by atoms with Crippen molar-refractivity contribution < 1.29 is 14.3 Å². The molecule has 6 bridgehead atoms. The van der Waals surface area contributed by atoms with E-state index in [9.17, 15) is 4.79 Å². The Labute approximate surface area is 215 Å². The van der Waals surface area contributed by atoms with E-state index in [-0.39, 0.29) is 11.8 Å². The van der Waals surface area contributed by atoms with Gasteiger partial charge in [0.15, 0.2) is 0 Å². The molecule has 6 rings (SSSR count). The first-order chi connectivity index (χ1) is 18.0. The molecule has 0 saturated heterocycles. The topological polar surface area (TPSA) is 124 Å². The summed E-state index contributed by atoms with van der Waals surface area (Å²) in [4.78, 5) is 25.8. The molecule has 2 aliphatic rings. The highest BCUT2D eigenvalue weighted by atomic mass is 16.5. The summed E-state index contributed by atoms with van der Waals surface area (Å²) in [5.41, 5.74) is 10.3. The van der Waals surface area contributed by atoms with Crippen LogP contribution in [0.2, 0.25) is 0 Å². The molecule has 1 amide bonds. The van der Waals surface area contributed by atoms with Gasteiger partial charge in [-0.1, -0.05) is 6.92 Å². The molecular formula is C28H28N6O3. The van der Waals surface area contributed by atoms with Crippen molar-refractivity contribution >= 4 is 23.2 Å². The van der Waals surface area contributed by atoms with Gasteiger partial charge in [-0.05, 0) is 66.9 Å². The SMILES string of the molecule is CC1CCNC(=O)c2ccc(c(N)c2)-c2ccnc(n2)Nc2ccc(Oc3cccnc3)c(c2)COC1. The number of anilines is 3. The van der Waals surface area contributed by atoms with Gasteiger partial charge in [-0.25, -0.2) is 9.97 Å². The highest BCUT2D eigenvalue weighted by molar-refractivity contribution is 5.96. The van der Waals surface area contributed by atoms with Crippen molar-refractivity contribution in [3.63, 3.8) is 0 Å². The van der Waals surface area contributed by atoms with Crippen molar-refractivity contribution in [3.8, 4) is 22.8 Å². The summed E-state index contributed by atoms with van der Waals surface area (Å²) in [6.07, 6.45) is 5.81. The Morgan fingerprint density at radius 1 is 1.11 bits per heavy atom. The number of carbonyl (C=O) groups excluding carboxylic acids is 1. The van der Waals surface area contributed by atoms with Crippen LogP contribution in [-0.4, -0.2) is 34.0 Å². The Bertz CT molecular complexity index is 1400. The largest absolute Gasteiger partial charge is 0.455 e. The van der Waals surface area contributed by atoms with Crippen molar-refractivity contribution in [2.45, 2.75) is 20.0 Å². The first kappa shape index (κ1) is 24.2. The van der Waals surface area contributed by atoms with E-state index in [4.69, 9.17) is 15.2 Å². The minimum absolute atomic E-state index is 0.164. The van der Waals surface area contributed by atoms with Crippen molar-refractivity contribution in [3.05, 3.63) is 84.3 Å². The number of carbonyl (C=O) groups is 1. The third-order valence-corrected chi connectivity index (χ3v) is 6.01. The number of amides is 1. The van der Waals surface area contributed by atoms with E-state index in [1.165, 1.54) is 0 Å². The third kappa shape index (κ3) is 6.02. The molecule has 4 N–H and O–H groups in total. The Morgan fingerprint density at radius 2 is 2.03 bits per heavy atom. The highest BCUT2D eigenvalue weighted by Crippen LogP contribution is 2.30. The van der Waals surface area contributed by atoms with Gasteiger partial charge in [-0.3, -0.25) is 9.78 Å². The standard InChI is InChI=1S/C28H28N6O3/c1-18-8-11-31-27(35)19-4-6-23(24(29)14-19)25-9-12-32-28(34-25)33-21-5-7-26(20(13-21)17-36-16-18)37-22-3-2-10-30-15-22/h2-7,9-10,12-15,18H,8,11,16-17,29H2,1H3,(H,31,35)(H,32,33,34). The van der Waals surface area contributed by atoms with E-state index in [1.54, 1.807) is 36.8 Å². The van der Waals surface area contributed by atoms with Crippen LogP contribution < -0.4 is 21.1 Å². The van der Waals surface area contributed by atoms with E-state index in [2.05, 4.69) is 32.5 Å². The number of ether oxygens (including phenoxy) is 2. The number of nitrogen functional groups attached to an aromatic ring is 1. The molecule has 0 fully saturated rings. The van der Waals surface area contributed by atoms with E-state index in [0.717, 1.165) is 23.2 Å². The van der Waals surface area contributed by atoms with E-state index < -0.39 is 0 Å². The summed E-state index contributed by atoms with van der Waals surface area (Å²) in [5.74, 6) is 1.81. The third-order valence-electron chi connectivity index (χ3n) is 6.01. The number of hydrogen-bond donors (Lipinski definition) is 3. The molecule has 9 nitrogen and oxygen atoms in total. The molecule has 188 valence electrons. The number of hydrogen-bond acceptors (Lipinski definition) is 8. The molecule has 1 atom stereocenters. The molecule has 0 saturated carbocycles. The van der Waals surface area contributed by atoms with Crippen molar-refractivity contribution in [1.82, 2.24) is 20.3 Å². The fourth-order valence-corrected chi connectivity index (χ4v) is 4.03. The van der Waals surface area contributed by atoms with Crippen LogP contribution in [0.4, 0.5) is 17.3 Å². The fraction of sp³-hybridized carbons (Fsp3) is 0.214. The van der Waals surface area contributed by atoms with Gasteiger partial charge in [0, 0.05) is 53.6 Å². The lowest BCUT2D eigenvalue weighted by atomic mass is 10.1. The van der Waals surface area contributed by atoms with E-state index in [1.807, 2.05) is 36.4 Å². The molecule has 2 aliphatic heterocycles. The van der Waals surface area contributed by atoms with Gasteiger partial charge >= 0.3 is 0 Å². The van der Waals surface area contributed by atoms with E-state index in [0.29, 0.717) is 54.2 Å². The minimum atomic E-state index is -0.164. The molecule has 0 spiro atoms. The van der Waals surface area contributed by atoms with Crippen LogP contribution in [0.5, 0.6) is 11.5 Å². The number of fused-ring (bicyclic) bond motifs is 9. The van der Waals surface area contributed by atoms with Gasteiger partial charge in [0.25, 0.3) is 5.91 Å². The van der Waals surface area contributed by atoms with Gasteiger partial charge in [0.1, 0.15) is 11.5 Å². The van der Waals surface area contributed by atoms with E-state index >= 15 is 0 Å². The summed E-state index contributed by atoms with van der Waals surface area (Å²) < 4.78 is 12.1. The number of nitrogens with one attached hydrogen (secondary N) is 2. The summed E-state index contributed by atoms with van der Waals surface area (Å²) in [6.45, 7) is 3.52. The fourth-order valence-electron chi connectivity index (χ4n) is 4.03. The number of aromatic nitrogens is 3. The smallest absolute Gasteiger partial charge is 0.251 e. The Kier molecular flexibility index (Phi) is 7.23. The zero-order chi connectivity index (χ0) is 25.6. The second-order valence-electron chi connectivity index (χ2n) is 8.97. The first-order valence-corrected chi connectivity index (χ1v) is 12.1. The minimum Gasteiger partial charge on any atom is -0.455 e. The van der Waals surface area contributed by atoms with Crippen LogP contribution in [-0.2, 0) is 11.3 Å². The van der Waals surface area contributed by atoms with Gasteiger partial charge in [-0.2, -0.15) is 0 Å². The predicted octanol–water partition coefficient (Wildman–Crippen LogP) is 4.94. The zero-order valence-corrected chi connectivity index (χ0v) is 20.5. The average Bonchev–Trinajstić information content (AvgIpc) is 2.90. The van der Waals surface area contributed by atoms with Crippen LogP contribution in [0.15, 0.2) is 73.2 Å². The molecule has 9 heteroatoms. The van der Waals surface area contributed by atoms with Gasteiger partial charge in [0.05, 0.1) is 18.5 Å². The normalized spacial score (nSPS) is 16.0. The Balaban J connectivity index is 1.48. The second kappa shape index (κ2) is 11.0. The van der Waals surface area contributed by atoms with Crippen molar-refractivity contribution in [1.29, 1.82) is 0 Å². The number of rotatable bonds is 2. The zero-order valence-electron chi connectivity index (χ0n) is 20.5. The summed E-state index contributed by atoms with van der Waals surface area (Å²) in [5, 5.41) is 6.23. The monoisotopic (exact) mass is 496 g/mol. The maximum atomic E-state index is 12.6. The number of benzene rings is 2. The summed E-state index contributed by atoms with van der Waals surface area (Å²) in [6, 6.07) is 16.4. The summed E-state index contributed by atoms with van der Waals surface area (Å²) >= 11 is 0. The molecule has 2 aromatic carbocycles. The maximum absolute atomic E-state index is 12.6. The molecular weight excluding hydrogens is 468 g/mol. The average molecular weight is 497 g/mol. The maximum Gasteiger partial charge on any atom is 0.251 e. The van der Waals surface area contributed by atoms with Gasteiger partial charge in [0.2, 0.25) is 5.95 Å². The molecule has 4 aromatic rings. The molecule has 0 radical (unpaired) electrons. The van der Waals surface area contributed by atoms with Crippen LogP contribution >= 0.6 is 0 Å². The first-order valence-electron chi connectivity index (χ1n) is 12.1. The van der Waals surface area contributed by atoms with Gasteiger partial charge < -0.3 is 25.8 Å². The second-order valence-corrected chi connectivity index (χ2v) is 8.97. The molecule has 1 unspecified atom stereocenters.